The van der Waals surface area contributed by atoms with Gasteiger partial charge in [0.2, 0.25) is 0 Å². The van der Waals surface area contributed by atoms with Gasteiger partial charge < -0.3 is 15.8 Å². The van der Waals surface area contributed by atoms with Gasteiger partial charge in [-0.25, -0.2) is 4.79 Å². The monoisotopic (exact) mass is 248 g/mol. The third-order valence-corrected chi connectivity index (χ3v) is 3.37. The van der Waals surface area contributed by atoms with E-state index in [2.05, 4.69) is 5.32 Å². The summed E-state index contributed by atoms with van der Waals surface area (Å²) in [7, 11) is 0. The average Bonchev–Trinajstić information content (AvgIpc) is 2.29. The maximum absolute atomic E-state index is 11.7. The molecule has 0 radical (unpaired) electrons. The predicted octanol–water partition coefficient (Wildman–Crippen LogP) is 2.66. The molecule has 0 amide bonds. The molecule has 1 aromatic rings. The van der Waals surface area contributed by atoms with Crippen molar-refractivity contribution in [1.82, 2.24) is 0 Å². The molecule has 0 unspecified atom stereocenters. The Balaban J connectivity index is 2.02. The first kappa shape index (κ1) is 12.7. The molecule has 0 aliphatic heterocycles. The molecule has 1 aliphatic carbocycles. The molecule has 1 fully saturated rings. The number of carbonyl (C=O) groups excluding carboxylic acids is 1. The van der Waals surface area contributed by atoms with Gasteiger partial charge >= 0.3 is 5.97 Å². The van der Waals surface area contributed by atoms with Crippen LogP contribution >= 0.6 is 0 Å². The Morgan fingerprint density at radius 3 is 2.89 bits per heavy atom. The number of hydrogen-bond acceptors (Lipinski definition) is 4. The van der Waals surface area contributed by atoms with Gasteiger partial charge in [-0.15, -0.1) is 0 Å². The molecule has 4 nitrogen and oxygen atoms in total. The van der Waals surface area contributed by atoms with Crippen molar-refractivity contribution in [3.05, 3.63) is 23.8 Å². The summed E-state index contributed by atoms with van der Waals surface area (Å²) in [6.07, 6.45) is 3.93. The van der Waals surface area contributed by atoms with E-state index in [9.17, 15) is 4.79 Å². The quantitative estimate of drug-likeness (QED) is 0.621. The maximum atomic E-state index is 11.7. The van der Waals surface area contributed by atoms with Crippen LogP contribution in [-0.4, -0.2) is 19.1 Å². The fourth-order valence-corrected chi connectivity index (χ4v) is 2.01. The minimum absolute atomic E-state index is 0.359. The van der Waals surface area contributed by atoms with E-state index in [0.29, 0.717) is 17.9 Å². The molecule has 0 bridgehead atoms. The Bertz CT molecular complexity index is 428. The van der Waals surface area contributed by atoms with Crippen LogP contribution in [-0.2, 0) is 4.74 Å². The first-order valence-electron chi connectivity index (χ1n) is 6.51. The summed E-state index contributed by atoms with van der Waals surface area (Å²) < 4.78 is 4.97. The highest BCUT2D eigenvalue weighted by molar-refractivity contribution is 5.96. The maximum Gasteiger partial charge on any atom is 0.340 e. The van der Waals surface area contributed by atoms with Gasteiger partial charge in [-0.3, -0.25) is 0 Å². The van der Waals surface area contributed by atoms with Crippen molar-refractivity contribution >= 4 is 17.3 Å². The van der Waals surface area contributed by atoms with Crippen molar-refractivity contribution < 1.29 is 9.53 Å². The van der Waals surface area contributed by atoms with Crippen LogP contribution in [0, 0.1) is 5.92 Å². The first-order valence-corrected chi connectivity index (χ1v) is 6.51. The molecule has 1 saturated carbocycles. The normalized spacial score (nSPS) is 14.9. The number of benzene rings is 1. The van der Waals surface area contributed by atoms with Crippen molar-refractivity contribution in [2.75, 3.05) is 24.2 Å². The summed E-state index contributed by atoms with van der Waals surface area (Å²) in [5.74, 6) is 0.413. The fourth-order valence-electron chi connectivity index (χ4n) is 2.01. The summed E-state index contributed by atoms with van der Waals surface area (Å²) in [5.41, 5.74) is 7.62. The molecule has 18 heavy (non-hydrogen) atoms. The standard InChI is InChI=1S/C14H20N2O2/c1-2-18-14(17)12-8-11(6-7-13(12)15)16-9-10-4-3-5-10/h6-8,10,16H,2-5,9,15H2,1H3. The molecule has 0 saturated heterocycles. The van der Waals surface area contributed by atoms with Crippen molar-refractivity contribution in [2.24, 2.45) is 5.92 Å². The van der Waals surface area contributed by atoms with Crippen LogP contribution in [0.1, 0.15) is 36.5 Å². The number of carbonyl (C=O) groups is 1. The number of rotatable bonds is 5. The number of ether oxygens (including phenoxy) is 1. The Hall–Kier alpha value is -1.71. The van der Waals surface area contributed by atoms with Crippen LogP contribution < -0.4 is 11.1 Å². The van der Waals surface area contributed by atoms with E-state index in [1.807, 2.05) is 6.07 Å². The minimum Gasteiger partial charge on any atom is -0.462 e. The molecule has 0 spiro atoms. The van der Waals surface area contributed by atoms with Crippen LogP contribution in [0.2, 0.25) is 0 Å². The molecular formula is C14H20N2O2. The van der Waals surface area contributed by atoms with Crippen LogP contribution in [0.5, 0.6) is 0 Å². The molecule has 1 aliphatic rings. The summed E-state index contributed by atoms with van der Waals surface area (Å²) in [6.45, 7) is 3.11. The van der Waals surface area contributed by atoms with E-state index < -0.39 is 0 Å². The molecule has 0 heterocycles. The highest BCUT2D eigenvalue weighted by Crippen LogP contribution is 2.27. The Morgan fingerprint density at radius 2 is 2.28 bits per heavy atom. The van der Waals surface area contributed by atoms with Gasteiger partial charge in [0.15, 0.2) is 0 Å². The first-order chi connectivity index (χ1) is 8.70. The van der Waals surface area contributed by atoms with E-state index in [1.54, 1.807) is 19.1 Å². The molecular weight excluding hydrogens is 228 g/mol. The summed E-state index contributed by atoms with van der Waals surface area (Å²) in [4.78, 5) is 11.7. The van der Waals surface area contributed by atoms with E-state index in [1.165, 1.54) is 19.3 Å². The van der Waals surface area contributed by atoms with Gasteiger partial charge in [-0.05, 0) is 43.9 Å². The third kappa shape index (κ3) is 2.94. The van der Waals surface area contributed by atoms with E-state index in [-0.39, 0.29) is 5.97 Å². The number of nitrogen functional groups attached to an aromatic ring is 1. The van der Waals surface area contributed by atoms with Crippen molar-refractivity contribution in [1.29, 1.82) is 0 Å². The predicted molar refractivity (Wildman–Crippen MR) is 72.6 cm³/mol. The van der Waals surface area contributed by atoms with Crippen LogP contribution in [0.3, 0.4) is 0 Å². The average molecular weight is 248 g/mol. The van der Waals surface area contributed by atoms with Gasteiger partial charge in [-0.1, -0.05) is 6.42 Å². The largest absolute Gasteiger partial charge is 0.462 e. The third-order valence-electron chi connectivity index (χ3n) is 3.37. The van der Waals surface area contributed by atoms with E-state index in [0.717, 1.165) is 18.2 Å². The second-order valence-corrected chi connectivity index (χ2v) is 4.70. The van der Waals surface area contributed by atoms with Gasteiger partial charge in [0.25, 0.3) is 0 Å². The molecule has 3 N–H and O–H groups in total. The number of nitrogens with one attached hydrogen (secondary N) is 1. The zero-order chi connectivity index (χ0) is 13.0. The molecule has 1 aromatic carbocycles. The highest BCUT2D eigenvalue weighted by atomic mass is 16.5. The summed E-state index contributed by atoms with van der Waals surface area (Å²) in [6, 6.07) is 5.41. The van der Waals surface area contributed by atoms with Crippen LogP contribution in [0.4, 0.5) is 11.4 Å². The van der Waals surface area contributed by atoms with Crippen LogP contribution in [0.15, 0.2) is 18.2 Å². The van der Waals surface area contributed by atoms with Crippen LogP contribution in [0.25, 0.3) is 0 Å². The fraction of sp³-hybridized carbons (Fsp3) is 0.500. The lowest BCUT2D eigenvalue weighted by molar-refractivity contribution is 0.0527. The zero-order valence-corrected chi connectivity index (χ0v) is 10.7. The molecule has 98 valence electrons. The second-order valence-electron chi connectivity index (χ2n) is 4.70. The Kier molecular flexibility index (Phi) is 4.07. The minimum atomic E-state index is -0.359. The van der Waals surface area contributed by atoms with Gasteiger partial charge in [0, 0.05) is 17.9 Å². The SMILES string of the molecule is CCOC(=O)c1cc(NCC2CCC2)ccc1N. The smallest absolute Gasteiger partial charge is 0.340 e. The van der Waals surface area contributed by atoms with Crippen molar-refractivity contribution in [3.8, 4) is 0 Å². The van der Waals surface area contributed by atoms with Crippen molar-refractivity contribution in [3.63, 3.8) is 0 Å². The highest BCUT2D eigenvalue weighted by Gasteiger charge is 2.17. The molecule has 4 heteroatoms. The van der Waals surface area contributed by atoms with Gasteiger partial charge in [0.1, 0.15) is 0 Å². The Labute approximate surface area is 108 Å². The molecule has 0 atom stereocenters. The number of hydrogen-bond donors (Lipinski definition) is 2. The van der Waals surface area contributed by atoms with Gasteiger partial charge in [-0.2, -0.15) is 0 Å². The molecule has 2 rings (SSSR count). The second kappa shape index (κ2) is 5.76. The number of esters is 1. The number of nitrogens with two attached hydrogens (primary N) is 1. The number of anilines is 2. The van der Waals surface area contributed by atoms with E-state index >= 15 is 0 Å². The van der Waals surface area contributed by atoms with Crippen molar-refractivity contribution in [2.45, 2.75) is 26.2 Å². The Morgan fingerprint density at radius 1 is 1.50 bits per heavy atom. The topological polar surface area (TPSA) is 64.3 Å². The zero-order valence-electron chi connectivity index (χ0n) is 10.7. The lowest BCUT2D eigenvalue weighted by Crippen LogP contribution is -2.21. The summed E-state index contributed by atoms with van der Waals surface area (Å²) >= 11 is 0. The lowest BCUT2D eigenvalue weighted by atomic mass is 9.85. The lowest BCUT2D eigenvalue weighted by Gasteiger charge is -2.26. The molecule has 0 aromatic heterocycles. The summed E-state index contributed by atoms with van der Waals surface area (Å²) in [5, 5.41) is 3.35. The van der Waals surface area contributed by atoms with E-state index in [4.69, 9.17) is 10.5 Å². The van der Waals surface area contributed by atoms with Gasteiger partial charge in [0.05, 0.1) is 12.2 Å².